The molecule has 1 heterocycles. The second kappa shape index (κ2) is 6.40. The van der Waals surface area contributed by atoms with E-state index in [2.05, 4.69) is 22.9 Å². The van der Waals surface area contributed by atoms with E-state index in [4.69, 9.17) is 10.1 Å². The van der Waals surface area contributed by atoms with E-state index >= 15 is 0 Å². The Labute approximate surface area is 134 Å². The van der Waals surface area contributed by atoms with Gasteiger partial charge in [0, 0.05) is 25.4 Å². The summed E-state index contributed by atoms with van der Waals surface area (Å²) in [6.45, 7) is 2.51. The van der Waals surface area contributed by atoms with Gasteiger partial charge >= 0.3 is 5.97 Å². The largest absolute Gasteiger partial charge is 0.481 e. The van der Waals surface area contributed by atoms with Gasteiger partial charge in [0.1, 0.15) is 5.82 Å². The summed E-state index contributed by atoms with van der Waals surface area (Å²) in [6, 6.07) is 6.67. The van der Waals surface area contributed by atoms with E-state index in [1.54, 1.807) is 0 Å². The van der Waals surface area contributed by atoms with Crippen LogP contribution in [0.4, 0.5) is 0 Å². The van der Waals surface area contributed by atoms with Crippen molar-refractivity contribution in [3.63, 3.8) is 0 Å². The van der Waals surface area contributed by atoms with Crippen LogP contribution in [0.25, 0.3) is 11.0 Å². The van der Waals surface area contributed by atoms with Crippen LogP contribution in [0, 0.1) is 0 Å². The van der Waals surface area contributed by atoms with Crippen molar-refractivity contribution in [2.24, 2.45) is 0 Å². The average Bonchev–Trinajstić information content (AvgIpc) is 3.30. The highest BCUT2D eigenvalue weighted by molar-refractivity contribution is 5.81. The minimum absolute atomic E-state index is 0.00781. The van der Waals surface area contributed by atoms with Gasteiger partial charge in [-0.15, -0.1) is 0 Å². The van der Waals surface area contributed by atoms with Gasteiger partial charge in [0.05, 0.1) is 17.5 Å². The number of fused-ring (bicyclic) bond motifs is 1. The van der Waals surface area contributed by atoms with E-state index in [-0.39, 0.29) is 18.7 Å². The van der Waals surface area contributed by atoms with Crippen molar-refractivity contribution in [2.45, 2.75) is 51.6 Å². The van der Waals surface area contributed by atoms with Crippen LogP contribution in [0.2, 0.25) is 0 Å². The van der Waals surface area contributed by atoms with Gasteiger partial charge in [0.25, 0.3) is 0 Å². The van der Waals surface area contributed by atoms with E-state index in [1.165, 1.54) is 12.8 Å². The van der Waals surface area contributed by atoms with Gasteiger partial charge in [0.15, 0.2) is 0 Å². The summed E-state index contributed by atoms with van der Waals surface area (Å²) in [6.07, 6.45) is 3.22. The smallest absolute Gasteiger partial charge is 0.303 e. The molecule has 1 aromatic carbocycles. The van der Waals surface area contributed by atoms with Crippen molar-refractivity contribution >= 4 is 22.9 Å². The number of aromatic nitrogens is 2. The molecule has 0 unspecified atom stereocenters. The Kier molecular flexibility index (Phi) is 4.32. The number of hydrogen-bond acceptors (Lipinski definition) is 3. The number of benzene rings is 1. The molecule has 3 rings (SSSR count). The molecule has 2 aromatic rings. The monoisotopic (exact) mass is 315 g/mol. The molecule has 0 bridgehead atoms. The summed E-state index contributed by atoms with van der Waals surface area (Å²) in [4.78, 5) is 26.8. The van der Waals surface area contributed by atoms with Gasteiger partial charge in [-0.3, -0.25) is 9.59 Å². The first-order chi connectivity index (χ1) is 11.1. The van der Waals surface area contributed by atoms with E-state index in [0.29, 0.717) is 12.6 Å². The first-order valence-electron chi connectivity index (χ1n) is 8.06. The highest BCUT2D eigenvalue weighted by Gasteiger charge is 2.27. The molecule has 0 spiro atoms. The van der Waals surface area contributed by atoms with Crippen molar-refractivity contribution < 1.29 is 14.7 Å². The fraction of sp³-hybridized carbons (Fsp3) is 0.471. The van der Waals surface area contributed by atoms with Crippen molar-refractivity contribution in [3.05, 3.63) is 29.6 Å². The second-order valence-electron chi connectivity index (χ2n) is 5.98. The molecule has 2 N–H and O–H groups in total. The Balaban J connectivity index is 1.70. The summed E-state index contributed by atoms with van der Waals surface area (Å²) in [5.74, 6) is -0.0883. The number of carboxylic acids is 1. The maximum atomic E-state index is 11.6. The normalized spacial score (nSPS) is 14.1. The first kappa shape index (κ1) is 15.5. The molecule has 1 aliphatic rings. The number of nitrogens with zero attached hydrogens (tertiary/aromatic N) is 2. The summed E-state index contributed by atoms with van der Waals surface area (Å²) in [5, 5.41) is 11.3. The maximum Gasteiger partial charge on any atom is 0.303 e. The highest BCUT2D eigenvalue weighted by Crippen LogP contribution is 2.38. The highest BCUT2D eigenvalue weighted by atomic mass is 16.4. The van der Waals surface area contributed by atoms with Crippen LogP contribution in [-0.2, 0) is 22.6 Å². The summed E-state index contributed by atoms with van der Waals surface area (Å²) in [5.41, 5.74) is 3.10. The van der Waals surface area contributed by atoms with E-state index in [9.17, 15) is 9.59 Å². The van der Waals surface area contributed by atoms with E-state index in [0.717, 1.165) is 28.8 Å². The van der Waals surface area contributed by atoms with Gasteiger partial charge in [-0.05, 0) is 30.5 Å². The number of rotatable bonds is 7. The van der Waals surface area contributed by atoms with Gasteiger partial charge in [-0.25, -0.2) is 4.98 Å². The number of amides is 1. The molecule has 1 aliphatic carbocycles. The predicted octanol–water partition coefficient (Wildman–Crippen LogP) is 2.41. The molecule has 6 heteroatoms. The number of aliphatic carboxylic acids is 1. The average molecular weight is 315 g/mol. The summed E-state index contributed by atoms with van der Waals surface area (Å²) >= 11 is 0. The number of hydrogen-bond donors (Lipinski definition) is 2. The molecule has 0 atom stereocenters. The Hall–Kier alpha value is -2.37. The number of nitrogens with one attached hydrogen (secondary N) is 1. The number of carbonyl (C=O) groups is 2. The SMILES string of the molecule is CCc1nc2cc(CNC(=O)CCC(=O)O)ccc2n1C1CC1. The fourth-order valence-corrected chi connectivity index (χ4v) is 2.80. The second-order valence-corrected chi connectivity index (χ2v) is 5.98. The maximum absolute atomic E-state index is 11.6. The Morgan fingerprint density at radius 3 is 2.78 bits per heavy atom. The molecular weight excluding hydrogens is 294 g/mol. The van der Waals surface area contributed by atoms with Crippen molar-refractivity contribution in [3.8, 4) is 0 Å². The van der Waals surface area contributed by atoms with Crippen molar-refractivity contribution in [1.29, 1.82) is 0 Å². The van der Waals surface area contributed by atoms with E-state index in [1.807, 2.05) is 12.1 Å². The first-order valence-corrected chi connectivity index (χ1v) is 8.06. The molecule has 1 fully saturated rings. The molecular formula is C17H21N3O3. The van der Waals surface area contributed by atoms with Gasteiger partial charge in [-0.2, -0.15) is 0 Å². The zero-order valence-corrected chi connectivity index (χ0v) is 13.2. The minimum atomic E-state index is -0.959. The predicted molar refractivity (Wildman–Crippen MR) is 86.1 cm³/mol. The molecule has 122 valence electrons. The zero-order valence-electron chi connectivity index (χ0n) is 13.2. The van der Waals surface area contributed by atoms with E-state index < -0.39 is 5.97 Å². The Morgan fingerprint density at radius 1 is 1.35 bits per heavy atom. The lowest BCUT2D eigenvalue weighted by atomic mass is 10.2. The van der Waals surface area contributed by atoms with Gasteiger partial charge in [-0.1, -0.05) is 13.0 Å². The third kappa shape index (κ3) is 3.52. The quantitative estimate of drug-likeness (QED) is 0.822. The van der Waals surface area contributed by atoms with Crippen molar-refractivity contribution in [1.82, 2.24) is 14.9 Å². The topological polar surface area (TPSA) is 84.2 Å². The Morgan fingerprint density at radius 2 is 2.13 bits per heavy atom. The van der Waals surface area contributed by atoms with Crippen LogP contribution in [0.3, 0.4) is 0 Å². The zero-order chi connectivity index (χ0) is 16.4. The molecule has 0 saturated heterocycles. The standard InChI is InChI=1S/C17H21N3O3/c1-2-15-19-13-9-11(10-18-16(21)7-8-17(22)23)3-6-14(13)20(15)12-4-5-12/h3,6,9,12H,2,4-5,7-8,10H2,1H3,(H,18,21)(H,22,23). The lowest BCUT2D eigenvalue weighted by Gasteiger charge is -2.07. The van der Waals surface area contributed by atoms with Gasteiger partial charge in [0.2, 0.25) is 5.91 Å². The molecule has 1 aromatic heterocycles. The fourth-order valence-electron chi connectivity index (χ4n) is 2.80. The molecule has 1 amide bonds. The summed E-state index contributed by atoms with van der Waals surface area (Å²) < 4.78 is 2.34. The van der Waals surface area contributed by atoms with Crippen molar-refractivity contribution in [2.75, 3.05) is 0 Å². The molecule has 1 saturated carbocycles. The van der Waals surface area contributed by atoms with Crippen LogP contribution in [0.5, 0.6) is 0 Å². The molecule has 23 heavy (non-hydrogen) atoms. The minimum Gasteiger partial charge on any atom is -0.481 e. The Bertz CT molecular complexity index is 747. The number of aryl methyl sites for hydroxylation is 1. The number of carboxylic acid groups (broad SMARTS) is 1. The number of imidazole rings is 1. The van der Waals surface area contributed by atoms with Crippen LogP contribution < -0.4 is 5.32 Å². The van der Waals surface area contributed by atoms with Crippen LogP contribution in [0.15, 0.2) is 18.2 Å². The van der Waals surface area contributed by atoms with Crippen LogP contribution in [0.1, 0.15) is 50.0 Å². The van der Waals surface area contributed by atoms with Crippen LogP contribution >= 0.6 is 0 Å². The molecule has 6 nitrogen and oxygen atoms in total. The van der Waals surface area contributed by atoms with Crippen LogP contribution in [-0.4, -0.2) is 26.5 Å². The molecule has 0 aliphatic heterocycles. The lowest BCUT2D eigenvalue weighted by molar-refractivity contribution is -0.138. The number of carbonyl (C=O) groups excluding carboxylic acids is 1. The lowest BCUT2D eigenvalue weighted by Crippen LogP contribution is -2.23. The summed E-state index contributed by atoms with van der Waals surface area (Å²) in [7, 11) is 0. The molecule has 0 radical (unpaired) electrons. The third-order valence-corrected chi connectivity index (χ3v) is 4.11. The van der Waals surface area contributed by atoms with Gasteiger partial charge < -0.3 is 15.0 Å². The third-order valence-electron chi connectivity index (χ3n) is 4.11.